The number of aromatic nitrogens is 1. The molecular weight excluding hydrogens is 415 g/mol. The van der Waals surface area contributed by atoms with E-state index in [1.807, 2.05) is 30.3 Å². The van der Waals surface area contributed by atoms with Crippen molar-refractivity contribution in [2.75, 3.05) is 18.1 Å². The minimum atomic E-state index is -0.152. The van der Waals surface area contributed by atoms with Crippen molar-refractivity contribution in [2.45, 2.75) is 18.9 Å². The molecule has 0 saturated carbocycles. The van der Waals surface area contributed by atoms with Gasteiger partial charge in [0.15, 0.2) is 5.13 Å². The van der Waals surface area contributed by atoms with Gasteiger partial charge in [0.25, 0.3) is 5.91 Å². The molecule has 2 heterocycles. The van der Waals surface area contributed by atoms with Gasteiger partial charge in [0.2, 0.25) is 0 Å². The fourth-order valence-corrected chi connectivity index (χ4v) is 4.57. The predicted molar refractivity (Wildman–Crippen MR) is 116 cm³/mol. The van der Waals surface area contributed by atoms with Gasteiger partial charge in [-0.25, -0.2) is 4.98 Å². The summed E-state index contributed by atoms with van der Waals surface area (Å²) in [5.74, 6) is -0.152. The first-order valence-corrected chi connectivity index (χ1v) is 10.6. The highest BCUT2D eigenvalue weighted by Crippen LogP contribution is 2.32. The summed E-state index contributed by atoms with van der Waals surface area (Å²) in [7, 11) is 0. The maximum absolute atomic E-state index is 13.0. The van der Waals surface area contributed by atoms with Gasteiger partial charge in [-0.05, 0) is 48.7 Å². The molecule has 144 valence electrons. The first-order valence-electron chi connectivity index (χ1n) is 9.02. The van der Waals surface area contributed by atoms with Gasteiger partial charge in [0.05, 0.1) is 22.9 Å². The van der Waals surface area contributed by atoms with Gasteiger partial charge in [-0.2, -0.15) is 0 Å². The van der Waals surface area contributed by atoms with Crippen molar-refractivity contribution in [3.63, 3.8) is 0 Å². The van der Waals surface area contributed by atoms with Crippen molar-refractivity contribution >= 4 is 61.9 Å². The lowest BCUT2D eigenvalue weighted by Gasteiger charge is -2.21. The van der Waals surface area contributed by atoms with Crippen molar-refractivity contribution < 1.29 is 9.53 Å². The summed E-state index contributed by atoms with van der Waals surface area (Å²) in [4.78, 5) is 19.4. The molecule has 2 aromatic carbocycles. The molecule has 0 aliphatic carbocycles. The van der Waals surface area contributed by atoms with Crippen LogP contribution < -0.4 is 4.90 Å². The highest BCUT2D eigenvalue weighted by molar-refractivity contribution is 7.22. The molecule has 1 atom stereocenters. The number of amides is 1. The Labute approximate surface area is 177 Å². The molecule has 0 radical (unpaired) electrons. The molecule has 0 bridgehead atoms. The molecule has 1 aliphatic heterocycles. The van der Waals surface area contributed by atoms with Crippen LogP contribution in [0.2, 0.25) is 10.0 Å². The van der Waals surface area contributed by atoms with E-state index in [0.717, 1.165) is 35.2 Å². The number of thiazole rings is 1. The zero-order valence-corrected chi connectivity index (χ0v) is 17.3. The molecule has 1 saturated heterocycles. The minimum Gasteiger partial charge on any atom is -0.376 e. The number of anilines is 1. The molecule has 4 rings (SSSR count). The van der Waals surface area contributed by atoms with E-state index in [1.165, 1.54) is 17.4 Å². The van der Waals surface area contributed by atoms with Crippen LogP contribution in [-0.4, -0.2) is 30.1 Å². The zero-order chi connectivity index (χ0) is 19.5. The third kappa shape index (κ3) is 4.39. The molecule has 0 N–H and O–H groups in total. The summed E-state index contributed by atoms with van der Waals surface area (Å²) in [5.41, 5.74) is 1.62. The minimum absolute atomic E-state index is 0.0215. The highest BCUT2D eigenvalue weighted by Gasteiger charge is 2.25. The Morgan fingerprint density at radius 2 is 2.14 bits per heavy atom. The number of rotatable bonds is 5. The van der Waals surface area contributed by atoms with Gasteiger partial charge >= 0.3 is 0 Å². The van der Waals surface area contributed by atoms with Crippen molar-refractivity contribution in [1.29, 1.82) is 0 Å². The maximum atomic E-state index is 13.0. The smallest absolute Gasteiger partial charge is 0.252 e. The third-order valence-electron chi connectivity index (χ3n) is 4.56. The standard InChI is InChI=1S/C21H18Cl2N2O2S/c22-15-8-9-18-19(12-15)28-21(24-18)25(13-16-5-3-11-27-16)20(26)10-7-14-4-1-2-6-17(14)23/h1-2,4,6-10,12,16H,3,5,11,13H2/b10-7+. The van der Waals surface area contributed by atoms with Gasteiger partial charge in [0, 0.05) is 22.7 Å². The number of benzene rings is 2. The molecule has 4 nitrogen and oxygen atoms in total. The Morgan fingerprint density at radius 1 is 1.29 bits per heavy atom. The Morgan fingerprint density at radius 3 is 2.93 bits per heavy atom. The Kier molecular flexibility index (Phi) is 5.97. The van der Waals surface area contributed by atoms with Crippen molar-refractivity contribution in [2.24, 2.45) is 0 Å². The second-order valence-corrected chi connectivity index (χ2v) is 8.40. The third-order valence-corrected chi connectivity index (χ3v) is 6.18. The Balaban J connectivity index is 1.63. The average Bonchev–Trinajstić information content (AvgIpc) is 3.34. The second-order valence-electron chi connectivity index (χ2n) is 6.55. The molecule has 1 aromatic heterocycles. The van der Waals surface area contributed by atoms with Crippen LogP contribution in [0.1, 0.15) is 18.4 Å². The van der Waals surface area contributed by atoms with E-state index in [4.69, 9.17) is 27.9 Å². The normalized spacial score (nSPS) is 16.9. The number of fused-ring (bicyclic) bond motifs is 1. The van der Waals surface area contributed by atoms with E-state index >= 15 is 0 Å². The number of halogens is 2. The van der Waals surface area contributed by atoms with Gasteiger partial charge in [-0.3, -0.25) is 9.69 Å². The van der Waals surface area contributed by atoms with E-state index < -0.39 is 0 Å². The number of nitrogens with zero attached hydrogens (tertiary/aromatic N) is 2. The molecule has 3 aromatic rings. The van der Waals surface area contributed by atoms with Gasteiger partial charge in [-0.15, -0.1) is 0 Å². The topological polar surface area (TPSA) is 42.4 Å². The number of ether oxygens (including phenoxy) is 1. The van der Waals surface area contributed by atoms with Crippen LogP contribution in [0.5, 0.6) is 0 Å². The monoisotopic (exact) mass is 432 g/mol. The van der Waals surface area contributed by atoms with Gasteiger partial charge in [-0.1, -0.05) is 52.7 Å². The number of carbonyl (C=O) groups excluding carboxylic acids is 1. The van der Waals surface area contributed by atoms with Crippen molar-refractivity contribution in [3.8, 4) is 0 Å². The van der Waals surface area contributed by atoms with E-state index in [9.17, 15) is 4.79 Å². The number of hydrogen-bond acceptors (Lipinski definition) is 4. The quantitative estimate of drug-likeness (QED) is 0.476. The van der Waals surface area contributed by atoms with E-state index in [-0.39, 0.29) is 12.0 Å². The average molecular weight is 433 g/mol. The summed E-state index contributed by atoms with van der Waals surface area (Å²) >= 11 is 13.7. The van der Waals surface area contributed by atoms with E-state index in [2.05, 4.69) is 4.98 Å². The first-order chi connectivity index (χ1) is 13.6. The Bertz CT molecular complexity index is 1030. The molecule has 1 amide bonds. The number of carbonyl (C=O) groups is 1. The second kappa shape index (κ2) is 8.62. The Hall–Kier alpha value is -1.92. The molecular formula is C21H18Cl2N2O2S. The molecule has 0 spiro atoms. The lowest BCUT2D eigenvalue weighted by molar-refractivity contribution is -0.114. The van der Waals surface area contributed by atoms with Crippen LogP contribution in [0.15, 0.2) is 48.5 Å². The lowest BCUT2D eigenvalue weighted by Crippen LogP contribution is -2.36. The fourth-order valence-electron chi connectivity index (χ4n) is 3.12. The first kappa shape index (κ1) is 19.4. The summed E-state index contributed by atoms with van der Waals surface area (Å²) in [6, 6.07) is 13.0. The number of hydrogen-bond donors (Lipinski definition) is 0. The van der Waals surface area contributed by atoms with Crippen LogP contribution >= 0.6 is 34.5 Å². The molecule has 1 aliphatic rings. The molecule has 7 heteroatoms. The van der Waals surface area contributed by atoms with E-state index in [0.29, 0.717) is 21.7 Å². The maximum Gasteiger partial charge on any atom is 0.252 e. The van der Waals surface area contributed by atoms with Crippen molar-refractivity contribution in [1.82, 2.24) is 4.98 Å². The van der Waals surface area contributed by atoms with Crippen LogP contribution in [0.3, 0.4) is 0 Å². The summed E-state index contributed by atoms with van der Waals surface area (Å²) in [6.45, 7) is 1.21. The lowest BCUT2D eigenvalue weighted by atomic mass is 10.2. The zero-order valence-electron chi connectivity index (χ0n) is 15.0. The SMILES string of the molecule is O=C(/C=C/c1ccccc1Cl)N(CC1CCCO1)c1nc2ccc(Cl)cc2s1. The van der Waals surface area contributed by atoms with Crippen LogP contribution in [-0.2, 0) is 9.53 Å². The van der Waals surface area contributed by atoms with Gasteiger partial charge in [0.1, 0.15) is 0 Å². The summed E-state index contributed by atoms with van der Waals surface area (Å²) in [5, 5.41) is 1.90. The predicted octanol–water partition coefficient (Wildman–Crippen LogP) is 5.83. The highest BCUT2D eigenvalue weighted by atomic mass is 35.5. The summed E-state index contributed by atoms with van der Waals surface area (Å²) < 4.78 is 6.69. The molecule has 1 unspecified atom stereocenters. The largest absolute Gasteiger partial charge is 0.376 e. The fraction of sp³-hybridized carbons (Fsp3) is 0.238. The van der Waals surface area contributed by atoms with Crippen LogP contribution in [0.4, 0.5) is 5.13 Å². The molecule has 1 fully saturated rings. The summed E-state index contributed by atoms with van der Waals surface area (Å²) in [6.07, 6.45) is 5.24. The molecule has 28 heavy (non-hydrogen) atoms. The van der Waals surface area contributed by atoms with Crippen LogP contribution in [0, 0.1) is 0 Å². The van der Waals surface area contributed by atoms with Gasteiger partial charge < -0.3 is 4.74 Å². The van der Waals surface area contributed by atoms with Crippen molar-refractivity contribution in [3.05, 3.63) is 64.1 Å². The van der Waals surface area contributed by atoms with Crippen LogP contribution in [0.25, 0.3) is 16.3 Å². The van der Waals surface area contributed by atoms with E-state index in [1.54, 1.807) is 23.1 Å².